The van der Waals surface area contributed by atoms with Crippen molar-refractivity contribution >= 4 is 29.0 Å². The molecule has 1 aromatic heterocycles. The summed E-state index contributed by atoms with van der Waals surface area (Å²) in [7, 11) is 4.55. The number of carbonyl (C=O) groups excluding carboxylic acids is 2. The van der Waals surface area contributed by atoms with Crippen molar-refractivity contribution in [1.82, 2.24) is 25.5 Å². The van der Waals surface area contributed by atoms with Crippen molar-refractivity contribution in [2.75, 3.05) is 21.3 Å². The molecule has 2 heterocycles. The summed E-state index contributed by atoms with van der Waals surface area (Å²) in [6.07, 6.45) is 1.65. The van der Waals surface area contributed by atoms with Gasteiger partial charge in [-0.1, -0.05) is 48.5 Å². The fourth-order valence-electron chi connectivity index (χ4n) is 4.15. The minimum Gasteiger partial charge on any atom is -0.493 e. The zero-order chi connectivity index (χ0) is 26.6. The third-order valence-electron chi connectivity index (χ3n) is 5.98. The van der Waals surface area contributed by atoms with Gasteiger partial charge in [0.2, 0.25) is 11.6 Å². The predicted octanol–water partition coefficient (Wildman–Crippen LogP) is 4.80. The number of rotatable bonds is 8. The largest absolute Gasteiger partial charge is 0.493 e. The van der Waals surface area contributed by atoms with Crippen molar-refractivity contribution in [3.63, 3.8) is 0 Å². The lowest BCUT2D eigenvalue weighted by molar-refractivity contribution is -0.123. The zero-order valence-electron chi connectivity index (χ0n) is 20.8. The highest BCUT2D eigenvalue weighted by Crippen LogP contribution is 2.40. The maximum atomic E-state index is 13.1. The summed E-state index contributed by atoms with van der Waals surface area (Å²) in [6.45, 7) is 0.157. The molecule has 1 saturated heterocycles. The molecule has 0 saturated carbocycles. The van der Waals surface area contributed by atoms with Gasteiger partial charge in [-0.05, 0) is 57.4 Å². The molecule has 38 heavy (non-hydrogen) atoms. The summed E-state index contributed by atoms with van der Waals surface area (Å²) < 4.78 is 16.1. The lowest BCUT2D eigenvalue weighted by Gasteiger charge is -2.14. The topological polar surface area (TPSA) is 120 Å². The molecule has 4 aromatic rings. The third kappa shape index (κ3) is 4.83. The Hall–Kier alpha value is -4.64. The number of methoxy groups -OCH3 is 3. The van der Waals surface area contributed by atoms with E-state index in [1.807, 2.05) is 48.5 Å². The van der Waals surface area contributed by atoms with Crippen LogP contribution in [0.3, 0.4) is 0 Å². The van der Waals surface area contributed by atoms with Gasteiger partial charge < -0.3 is 14.2 Å². The molecule has 1 aliphatic heterocycles. The van der Waals surface area contributed by atoms with Crippen LogP contribution in [0.2, 0.25) is 0 Å². The lowest BCUT2D eigenvalue weighted by atomic mass is 9.98. The molecule has 0 spiro atoms. The minimum absolute atomic E-state index is 0.157. The summed E-state index contributed by atoms with van der Waals surface area (Å²) in [5.41, 5.74) is 4.21. The summed E-state index contributed by atoms with van der Waals surface area (Å²) in [6, 6.07) is 18.9. The number of amides is 2. The normalized spacial score (nSPS) is 14.3. The van der Waals surface area contributed by atoms with E-state index < -0.39 is 0 Å². The van der Waals surface area contributed by atoms with Gasteiger partial charge in [-0.3, -0.25) is 14.5 Å². The molecule has 0 bridgehead atoms. The molecule has 192 valence electrons. The standard InChI is InChI=1S/C27H23N5O5S/c1-35-21-12-17(13-22(36-2)24(21)37-3)14-23-26(33)32(27(34)38-23)15-16-8-10-18(11-9-16)19-6-4-5-7-20(19)25-28-30-31-29-25/h4-14H,15H2,1-3H3,(H,28,29,30,31)/b23-14-. The number of benzene rings is 3. The second-order valence-electron chi connectivity index (χ2n) is 8.20. The van der Waals surface area contributed by atoms with Crippen LogP contribution >= 0.6 is 11.8 Å². The smallest absolute Gasteiger partial charge is 0.293 e. The van der Waals surface area contributed by atoms with Crippen LogP contribution in [-0.4, -0.2) is 58.0 Å². The van der Waals surface area contributed by atoms with Crippen molar-refractivity contribution in [2.24, 2.45) is 0 Å². The minimum atomic E-state index is -0.361. The van der Waals surface area contributed by atoms with E-state index in [-0.39, 0.29) is 17.7 Å². The van der Waals surface area contributed by atoms with E-state index in [0.717, 1.165) is 34.0 Å². The molecule has 0 aliphatic carbocycles. The highest BCUT2D eigenvalue weighted by molar-refractivity contribution is 8.18. The average molecular weight is 530 g/mol. The van der Waals surface area contributed by atoms with Crippen LogP contribution in [0, 0.1) is 0 Å². The average Bonchev–Trinajstić information content (AvgIpc) is 3.58. The first-order valence-electron chi connectivity index (χ1n) is 11.5. The molecule has 0 atom stereocenters. The summed E-state index contributed by atoms with van der Waals surface area (Å²) in [4.78, 5) is 27.4. The maximum absolute atomic E-state index is 13.1. The Morgan fingerprint density at radius 2 is 1.61 bits per heavy atom. The van der Waals surface area contributed by atoms with Gasteiger partial charge in [0.15, 0.2) is 11.5 Å². The van der Waals surface area contributed by atoms with E-state index in [4.69, 9.17) is 14.2 Å². The van der Waals surface area contributed by atoms with Crippen molar-refractivity contribution in [2.45, 2.75) is 6.54 Å². The Morgan fingerprint density at radius 3 is 2.21 bits per heavy atom. The second-order valence-corrected chi connectivity index (χ2v) is 9.20. The van der Waals surface area contributed by atoms with Crippen molar-refractivity contribution < 1.29 is 23.8 Å². The molecule has 10 nitrogen and oxygen atoms in total. The van der Waals surface area contributed by atoms with E-state index in [2.05, 4.69) is 20.6 Å². The van der Waals surface area contributed by atoms with E-state index in [0.29, 0.717) is 33.5 Å². The Labute approximate surface area is 222 Å². The van der Waals surface area contributed by atoms with Gasteiger partial charge in [0.25, 0.3) is 11.1 Å². The third-order valence-corrected chi connectivity index (χ3v) is 6.88. The van der Waals surface area contributed by atoms with Crippen molar-refractivity contribution in [3.8, 4) is 39.8 Å². The van der Waals surface area contributed by atoms with Crippen LogP contribution in [-0.2, 0) is 11.3 Å². The highest BCUT2D eigenvalue weighted by Gasteiger charge is 2.35. The fourth-order valence-corrected chi connectivity index (χ4v) is 4.99. The number of thioether (sulfide) groups is 1. The molecule has 5 rings (SSSR count). The fraction of sp³-hybridized carbons (Fsp3) is 0.148. The quantitative estimate of drug-likeness (QED) is 0.321. The molecular weight excluding hydrogens is 506 g/mol. The molecule has 3 aromatic carbocycles. The van der Waals surface area contributed by atoms with E-state index in [9.17, 15) is 9.59 Å². The Morgan fingerprint density at radius 1 is 0.921 bits per heavy atom. The van der Waals surface area contributed by atoms with Gasteiger partial charge in [0.1, 0.15) is 0 Å². The molecule has 2 amide bonds. The zero-order valence-corrected chi connectivity index (χ0v) is 21.6. The van der Waals surface area contributed by atoms with Gasteiger partial charge in [0, 0.05) is 5.56 Å². The number of nitrogens with one attached hydrogen (secondary N) is 1. The molecule has 0 radical (unpaired) electrons. The number of aromatic nitrogens is 4. The van der Waals surface area contributed by atoms with E-state index >= 15 is 0 Å². The number of hydrogen-bond donors (Lipinski definition) is 1. The number of nitrogens with zero attached hydrogens (tertiary/aromatic N) is 4. The van der Waals surface area contributed by atoms with Crippen molar-refractivity contribution in [3.05, 3.63) is 76.7 Å². The Bertz CT molecular complexity index is 1490. The summed E-state index contributed by atoms with van der Waals surface area (Å²) >= 11 is 0.896. The summed E-state index contributed by atoms with van der Waals surface area (Å²) in [5.74, 6) is 1.50. The predicted molar refractivity (Wildman–Crippen MR) is 143 cm³/mol. The van der Waals surface area contributed by atoms with Gasteiger partial charge in [0.05, 0.1) is 32.8 Å². The Balaban J connectivity index is 1.36. The number of carbonyl (C=O) groups is 2. The SMILES string of the molecule is COc1cc(/C=C2\SC(=O)N(Cc3ccc(-c4ccccc4-c4nn[nH]n4)cc3)C2=O)cc(OC)c1OC. The monoisotopic (exact) mass is 529 g/mol. The lowest BCUT2D eigenvalue weighted by Crippen LogP contribution is -2.27. The number of H-pyrrole nitrogens is 1. The maximum Gasteiger partial charge on any atom is 0.293 e. The number of tetrazole rings is 1. The van der Waals surface area contributed by atoms with Crippen LogP contribution in [0.1, 0.15) is 11.1 Å². The van der Waals surface area contributed by atoms with Crippen LogP contribution in [0.4, 0.5) is 4.79 Å². The number of imide groups is 1. The van der Waals surface area contributed by atoms with Gasteiger partial charge in [-0.15, -0.1) is 10.2 Å². The van der Waals surface area contributed by atoms with E-state index in [1.54, 1.807) is 18.2 Å². The number of hydrogen-bond acceptors (Lipinski definition) is 9. The molecular formula is C27H23N5O5S. The van der Waals surface area contributed by atoms with Gasteiger partial charge in [-0.25, -0.2) is 0 Å². The summed E-state index contributed by atoms with van der Waals surface area (Å²) in [5, 5.41) is 14.0. The number of ether oxygens (including phenoxy) is 3. The van der Waals surface area contributed by atoms with Crippen LogP contribution in [0.25, 0.3) is 28.6 Å². The first-order valence-corrected chi connectivity index (χ1v) is 12.3. The van der Waals surface area contributed by atoms with Crippen LogP contribution in [0.5, 0.6) is 17.2 Å². The van der Waals surface area contributed by atoms with Crippen LogP contribution < -0.4 is 14.2 Å². The van der Waals surface area contributed by atoms with Crippen molar-refractivity contribution in [1.29, 1.82) is 0 Å². The molecule has 1 N–H and O–H groups in total. The van der Waals surface area contributed by atoms with E-state index in [1.165, 1.54) is 26.2 Å². The second kappa shape index (κ2) is 10.8. The number of aromatic amines is 1. The van der Waals surface area contributed by atoms with Gasteiger partial charge in [-0.2, -0.15) is 5.21 Å². The Kier molecular flexibility index (Phi) is 7.09. The molecule has 11 heteroatoms. The molecule has 1 aliphatic rings. The first kappa shape index (κ1) is 25.0. The molecule has 0 unspecified atom stereocenters. The molecule has 1 fully saturated rings. The highest BCUT2D eigenvalue weighted by atomic mass is 32.2. The van der Waals surface area contributed by atoms with Crippen LogP contribution in [0.15, 0.2) is 65.6 Å². The van der Waals surface area contributed by atoms with Gasteiger partial charge >= 0.3 is 0 Å². The first-order chi connectivity index (χ1) is 18.5.